The molecule has 0 aromatic carbocycles. The van der Waals surface area contributed by atoms with Gasteiger partial charge in [0.05, 0.1) is 18.5 Å². The lowest BCUT2D eigenvalue weighted by molar-refractivity contribution is 0.0706. The number of carbonyl (C=O) groups is 1. The molecule has 0 unspecified atom stereocenters. The Morgan fingerprint density at radius 3 is 2.95 bits per heavy atom. The number of aromatic nitrogens is 1. The first kappa shape index (κ1) is 12.8. The molecule has 0 aliphatic heterocycles. The lowest BCUT2D eigenvalue weighted by atomic mass is 10.3. The molecule has 20 heavy (non-hydrogen) atoms. The molecule has 0 saturated heterocycles. The van der Waals surface area contributed by atoms with E-state index >= 15 is 0 Å². The Morgan fingerprint density at radius 2 is 2.35 bits per heavy atom. The molecule has 0 atom stereocenters. The maximum Gasteiger partial charge on any atom is 0.271 e. The molecule has 2 aromatic rings. The molecular formula is C15H19N3O2. The van der Waals surface area contributed by atoms with Crippen LogP contribution in [-0.2, 0) is 13.1 Å². The molecule has 2 heterocycles. The highest BCUT2D eigenvalue weighted by molar-refractivity contribution is 5.94. The van der Waals surface area contributed by atoms with Crippen molar-refractivity contribution >= 4 is 11.6 Å². The summed E-state index contributed by atoms with van der Waals surface area (Å²) in [6.45, 7) is 3.26. The normalized spacial score (nSPS) is 14.4. The third-order valence-electron chi connectivity index (χ3n) is 3.63. The number of rotatable bonds is 5. The van der Waals surface area contributed by atoms with Crippen LogP contribution in [0.3, 0.4) is 0 Å². The van der Waals surface area contributed by atoms with E-state index in [9.17, 15) is 4.79 Å². The Hall–Kier alpha value is -2.17. The summed E-state index contributed by atoms with van der Waals surface area (Å²) in [6, 6.07) is 5.82. The molecule has 2 aromatic heterocycles. The summed E-state index contributed by atoms with van der Waals surface area (Å²) in [4.78, 5) is 14.6. The van der Waals surface area contributed by atoms with E-state index in [0.29, 0.717) is 24.0 Å². The molecule has 106 valence electrons. The Labute approximate surface area is 118 Å². The Morgan fingerprint density at radius 1 is 1.55 bits per heavy atom. The summed E-state index contributed by atoms with van der Waals surface area (Å²) in [5.74, 6) is 0.843. The van der Waals surface area contributed by atoms with Gasteiger partial charge in [-0.2, -0.15) is 0 Å². The smallest absolute Gasteiger partial charge is 0.271 e. The molecule has 2 N–H and O–H groups in total. The van der Waals surface area contributed by atoms with Gasteiger partial charge >= 0.3 is 0 Å². The number of hydrogen-bond acceptors (Lipinski definition) is 3. The molecule has 0 bridgehead atoms. The fraction of sp³-hybridized carbons (Fsp3) is 0.400. The summed E-state index contributed by atoms with van der Waals surface area (Å²) < 4.78 is 7.26. The number of hydrogen-bond donors (Lipinski definition) is 1. The van der Waals surface area contributed by atoms with Crippen LogP contribution in [-0.4, -0.2) is 21.4 Å². The van der Waals surface area contributed by atoms with Crippen molar-refractivity contribution in [2.24, 2.45) is 0 Å². The molecule has 5 nitrogen and oxygen atoms in total. The van der Waals surface area contributed by atoms with Gasteiger partial charge in [0, 0.05) is 18.8 Å². The largest absolute Gasteiger partial charge is 0.467 e. The zero-order chi connectivity index (χ0) is 14.1. The van der Waals surface area contributed by atoms with Gasteiger partial charge in [-0.05, 0) is 38.0 Å². The highest BCUT2D eigenvalue weighted by atomic mass is 16.3. The Balaban J connectivity index is 1.85. The van der Waals surface area contributed by atoms with Gasteiger partial charge in [0.2, 0.25) is 0 Å². The highest BCUT2D eigenvalue weighted by Gasteiger charge is 2.34. The lowest BCUT2D eigenvalue weighted by Crippen LogP contribution is -2.33. The van der Waals surface area contributed by atoms with E-state index in [1.54, 1.807) is 12.3 Å². The van der Waals surface area contributed by atoms with Crippen LogP contribution in [0.1, 0.15) is 36.0 Å². The van der Waals surface area contributed by atoms with Gasteiger partial charge in [0.1, 0.15) is 11.5 Å². The molecule has 1 saturated carbocycles. The van der Waals surface area contributed by atoms with Crippen molar-refractivity contribution in [3.05, 3.63) is 42.1 Å². The quantitative estimate of drug-likeness (QED) is 0.910. The topological polar surface area (TPSA) is 64.4 Å². The minimum absolute atomic E-state index is 0.0300. The molecule has 0 spiro atoms. The van der Waals surface area contributed by atoms with Gasteiger partial charge in [0.25, 0.3) is 5.91 Å². The van der Waals surface area contributed by atoms with Gasteiger partial charge in [-0.15, -0.1) is 0 Å². The van der Waals surface area contributed by atoms with Crippen molar-refractivity contribution in [2.75, 3.05) is 5.73 Å². The van der Waals surface area contributed by atoms with E-state index in [-0.39, 0.29) is 5.91 Å². The predicted molar refractivity (Wildman–Crippen MR) is 76.1 cm³/mol. The second kappa shape index (κ2) is 5.07. The third kappa shape index (κ3) is 2.43. The van der Waals surface area contributed by atoms with Crippen LogP contribution < -0.4 is 5.73 Å². The van der Waals surface area contributed by atoms with E-state index in [1.165, 1.54) is 0 Å². The number of anilines is 1. The van der Waals surface area contributed by atoms with Gasteiger partial charge in [0.15, 0.2) is 0 Å². The molecule has 5 heteroatoms. The second-order valence-corrected chi connectivity index (χ2v) is 5.19. The number of amides is 1. The summed E-state index contributed by atoms with van der Waals surface area (Å²) in [5.41, 5.74) is 7.10. The highest BCUT2D eigenvalue weighted by Crippen LogP contribution is 2.30. The average Bonchev–Trinajstić information content (AvgIpc) is 3.01. The summed E-state index contributed by atoms with van der Waals surface area (Å²) in [6.07, 6.45) is 5.58. The number of nitrogens with two attached hydrogens (primary N) is 1. The number of nitrogens with zero attached hydrogens (tertiary/aromatic N) is 2. The molecule has 1 amide bonds. The first-order valence-electron chi connectivity index (χ1n) is 6.98. The number of aryl methyl sites for hydroxylation is 1. The van der Waals surface area contributed by atoms with Crippen molar-refractivity contribution in [3.63, 3.8) is 0 Å². The maximum absolute atomic E-state index is 12.8. The number of furan rings is 1. The van der Waals surface area contributed by atoms with Crippen molar-refractivity contribution in [1.82, 2.24) is 9.47 Å². The first-order valence-corrected chi connectivity index (χ1v) is 6.98. The molecule has 3 rings (SSSR count). The minimum atomic E-state index is 0.0300. The maximum atomic E-state index is 12.8. The van der Waals surface area contributed by atoms with Crippen LogP contribution in [0.4, 0.5) is 5.69 Å². The molecule has 1 aliphatic carbocycles. The third-order valence-corrected chi connectivity index (χ3v) is 3.63. The zero-order valence-electron chi connectivity index (χ0n) is 11.6. The van der Waals surface area contributed by atoms with E-state index in [4.69, 9.17) is 10.2 Å². The second-order valence-electron chi connectivity index (χ2n) is 5.19. The van der Waals surface area contributed by atoms with Crippen LogP contribution in [0.25, 0.3) is 0 Å². The fourth-order valence-electron chi connectivity index (χ4n) is 2.44. The monoisotopic (exact) mass is 273 g/mol. The Kier molecular flexibility index (Phi) is 3.26. The van der Waals surface area contributed by atoms with Crippen molar-refractivity contribution in [3.8, 4) is 0 Å². The number of nitrogen functional groups attached to an aromatic ring is 1. The van der Waals surface area contributed by atoms with Crippen LogP contribution in [0.2, 0.25) is 0 Å². The average molecular weight is 273 g/mol. The Bertz CT molecular complexity index is 597. The fourth-order valence-corrected chi connectivity index (χ4v) is 2.44. The van der Waals surface area contributed by atoms with E-state index in [0.717, 1.165) is 25.1 Å². The molecule has 1 fully saturated rings. The molecule has 0 radical (unpaired) electrons. The molecule has 1 aliphatic rings. The van der Waals surface area contributed by atoms with Crippen molar-refractivity contribution < 1.29 is 9.21 Å². The SMILES string of the molecule is CCn1cc(N)cc1C(=O)N(Cc1ccco1)C1CC1. The standard InChI is InChI=1S/C15H19N3O2/c1-2-17-9-11(16)8-14(17)15(19)18(12-5-6-12)10-13-4-3-7-20-13/h3-4,7-9,12H,2,5-6,10,16H2,1H3. The van der Waals surface area contributed by atoms with Gasteiger partial charge in [-0.25, -0.2) is 0 Å². The van der Waals surface area contributed by atoms with Crippen LogP contribution in [0.5, 0.6) is 0 Å². The lowest BCUT2D eigenvalue weighted by Gasteiger charge is -2.21. The van der Waals surface area contributed by atoms with E-state index in [2.05, 4.69) is 0 Å². The van der Waals surface area contributed by atoms with E-state index < -0.39 is 0 Å². The van der Waals surface area contributed by atoms with Crippen molar-refractivity contribution in [2.45, 2.75) is 38.9 Å². The molecular weight excluding hydrogens is 254 g/mol. The van der Waals surface area contributed by atoms with Gasteiger partial charge in [-0.3, -0.25) is 4.79 Å². The van der Waals surface area contributed by atoms with Crippen molar-refractivity contribution in [1.29, 1.82) is 0 Å². The van der Waals surface area contributed by atoms with E-state index in [1.807, 2.05) is 34.7 Å². The summed E-state index contributed by atoms with van der Waals surface area (Å²) in [7, 11) is 0. The zero-order valence-corrected chi connectivity index (χ0v) is 11.6. The van der Waals surface area contributed by atoms with Gasteiger partial charge < -0.3 is 19.6 Å². The van der Waals surface area contributed by atoms with Crippen LogP contribution in [0.15, 0.2) is 35.1 Å². The minimum Gasteiger partial charge on any atom is -0.467 e. The summed E-state index contributed by atoms with van der Waals surface area (Å²) in [5, 5.41) is 0. The number of carbonyl (C=O) groups excluding carboxylic acids is 1. The predicted octanol–water partition coefficient (Wildman–Crippen LogP) is 2.49. The summed E-state index contributed by atoms with van der Waals surface area (Å²) >= 11 is 0. The van der Waals surface area contributed by atoms with Crippen LogP contribution in [0, 0.1) is 0 Å². The van der Waals surface area contributed by atoms with Crippen LogP contribution >= 0.6 is 0 Å². The first-order chi connectivity index (χ1) is 9.69. The van der Waals surface area contributed by atoms with Gasteiger partial charge in [-0.1, -0.05) is 0 Å².